The SMILES string of the molecule is COc1cc(Nc2ccc(NC(=O)NC(C)C)nn2)cc(OC)c1OC. The van der Waals surface area contributed by atoms with Crippen molar-refractivity contribution in [3.8, 4) is 17.2 Å². The first-order valence-corrected chi connectivity index (χ1v) is 7.95. The zero-order chi connectivity index (χ0) is 19.1. The van der Waals surface area contributed by atoms with E-state index in [1.54, 1.807) is 45.6 Å². The highest BCUT2D eigenvalue weighted by Gasteiger charge is 2.13. The number of nitrogens with one attached hydrogen (secondary N) is 3. The first-order valence-electron chi connectivity index (χ1n) is 7.95. The number of nitrogens with zero attached hydrogens (tertiary/aromatic N) is 2. The summed E-state index contributed by atoms with van der Waals surface area (Å²) in [4.78, 5) is 11.7. The molecule has 2 rings (SSSR count). The molecule has 0 bridgehead atoms. The van der Waals surface area contributed by atoms with E-state index in [-0.39, 0.29) is 12.1 Å². The van der Waals surface area contributed by atoms with Gasteiger partial charge in [-0.15, -0.1) is 10.2 Å². The summed E-state index contributed by atoms with van der Waals surface area (Å²) in [7, 11) is 4.63. The van der Waals surface area contributed by atoms with Crippen LogP contribution < -0.4 is 30.2 Å². The van der Waals surface area contributed by atoms with Gasteiger partial charge in [-0.1, -0.05) is 0 Å². The molecule has 1 heterocycles. The maximum absolute atomic E-state index is 11.7. The van der Waals surface area contributed by atoms with Crippen LogP contribution in [-0.4, -0.2) is 43.6 Å². The minimum absolute atomic E-state index is 0.0314. The van der Waals surface area contributed by atoms with Crippen LogP contribution in [0.15, 0.2) is 24.3 Å². The lowest BCUT2D eigenvalue weighted by atomic mass is 10.2. The van der Waals surface area contributed by atoms with Gasteiger partial charge in [0.05, 0.1) is 21.3 Å². The summed E-state index contributed by atoms with van der Waals surface area (Å²) in [6.45, 7) is 3.74. The Kier molecular flexibility index (Phi) is 6.42. The fraction of sp³-hybridized carbons (Fsp3) is 0.353. The van der Waals surface area contributed by atoms with Gasteiger partial charge in [0.2, 0.25) is 5.75 Å². The molecule has 9 nitrogen and oxygen atoms in total. The van der Waals surface area contributed by atoms with Crippen molar-refractivity contribution >= 4 is 23.4 Å². The van der Waals surface area contributed by atoms with E-state index in [9.17, 15) is 4.79 Å². The van der Waals surface area contributed by atoms with Crippen molar-refractivity contribution in [2.45, 2.75) is 19.9 Å². The van der Waals surface area contributed by atoms with Crippen molar-refractivity contribution in [2.75, 3.05) is 32.0 Å². The maximum atomic E-state index is 11.7. The largest absolute Gasteiger partial charge is 0.493 e. The van der Waals surface area contributed by atoms with Gasteiger partial charge in [0, 0.05) is 23.9 Å². The Morgan fingerprint density at radius 1 is 0.962 bits per heavy atom. The fourth-order valence-corrected chi connectivity index (χ4v) is 2.18. The van der Waals surface area contributed by atoms with Gasteiger partial charge in [-0.2, -0.15) is 0 Å². The molecular weight excluding hydrogens is 338 g/mol. The van der Waals surface area contributed by atoms with E-state index in [0.29, 0.717) is 34.6 Å². The second-order valence-electron chi connectivity index (χ2n) is 5.60. The number of carbonyl (C=O) groups is 1. The van der Waals surface area contributed by atoms with E-state index in [4.69, 9.17) is 14.2 Å². The summed E-state index contributed by atoms with van der Waals surface area (Å²) in [6.07, 6.45) is 0. The first kappa shape index (κ1) is 19.1. The van der Waals surface area contributed by atoms with Gasteiger partial charge in [0.1, 0.15) is 0 Å². The third kappa shape index (κ3) is 4.88. The van der Waals surface area contributed by atoms with Crippen LogP contribution in [0.3, 0.4) is 0 Å². The van der Waals surface area contributed by atoms with Gasteiger partial charge in [-0.25, -0.2) is 4.79 Å². The quantitative estimate of drug-likeness (QED) is 0.696. The molecule has 0 aliphatic carbocycles. The summed E-state index contributed by atoms with van der Waals surface area (Å²) in [5.74, 6) is 2.38. The molecule has 0 saturated carbocycles. The molecule has 0 aliphatic rings. The molecule has 26 heavy (non-hydrogen) atoms. The lowest BCUT2D eigenvalue weighted by Gasteiger charge is -2.14. The summed E-state index contributed by atoms with van der Waals surface area (Å²) >= 11 is 0. The molecule has 0 atom stereocenters. The highest BCUT2D eigenvalue weighted by atomic mass is 16.5. The summed E-state index contributed by atoms with van der Waals surface area (Å²) in [5, 5.41) is 16.4. The van der Waals surface area contributed by atoms with Gasteiger partial charge in [-0.05, 0) is 26.0 Å². The Labute approximate surface area is 152 Å². The van der Waals surface area contributed by atoms with E-state index >= 15 is 0 Å². The normalized spacial score (nSPS) is 10.2. The number of urea groups is 1. The monoisotopic (exact) mass is 361 g/mol. The number of hydrogen-bond donors (Lipinski definition) is 3. The number of benzene rings is 1. The predicted octanol–water partition coefficient (Wildman–Crippen LogP) is 2.78. The Morgan fingerprint density at radius 3 is 2.00 bits per heavy atom. The Bertz CT molecular complexity index is 724. The second-order valence-corrected chi connectivity index (χ2v) is 5.60. The van der Waals surface area contributed by atoms with Crippen molar-refractivity contribution in [2.24, 2.45) is 0 Å². The van der Waals surface area contributed by atoms with Gasteiger partial charge >= 0.3 is 6.03 Å². The topological polar surface area (TPSA) is 107 Å². The van der Waals surface area contributed by atoms with E-state index in [1.807, 2.05) is 13.8 Å². The second kappa shape index (κ2) is 8.75. The fourth-order valence-electron chi connectivity index (χ4n) is 2.18. The average Bonchev–Trinajstić information content (AvgIpc) is 2.61. The third-order valence-corrected chi connectivity index (χ3v) is 3.26. The molecule has 9 heteroatoms. The number of aromatic nitrogens is 2. The smallest absolute Gasteiger partial charge is 0.320 e. The number of methoxy groups -OCH3 is 3. The number of ether oxygens (including phenoxy) is 3. The zero-order valence-electron chi connectivity index (χ0n) is 15.4. The van der Waals surface area contributed by atoms with Gasteiger partial charge in [0.15, 0.2) is 23.1 Å². The maximum Gasteiger partial charge on any atom is 0.320 e. The highest BCUT2D eigenvalue weighted by molar-refractivity contribution is 5.88. The number of anilines is 3. The van der Waals surface area contributed by atoms with Crippen molar-refractivity contribution in [3.05, 3.63) is 24.3 Å². The minimum Gasteiger partial charge on any atom is -0.493 e. The van der Waals surface area contributed by atoms with Crippen LogP contribution in [0.2, 0.25) is 0 Å². The van der Waals surface area contributed by atoms with Gasteiger partial charge in [-0.3, -0.25) is 5.32 Å². The van der Waals surface area contributed by atoms with Gasteiger partial charge < -0.3 is 24.8 Å². The molecule has 0 saturated heterocycles. The highest BCUT2D eigenvalue weighted by Crippen LogP contribution is 2.40. The van der Waals surface area contributed by atoms with Crippen LogP contribution in [0.25, 0.3) is 0 Å². The lowest BCUT2D eigenvalue weighted by Crippen LogP contribution is -2.34. The lowest BCUT2D eigenvalue weighted by molar-refractivity contribution is 0.250. The molecule has 0 unspecified atom stereocenters. The number of hydrogen-bond acceptors (Lipinski definition) is 7. The average molecular weight is 361 g/mol. The first-order chi connectivity index (χ1) is 12.5. The van der Waals surface area contributed by atoms with Crippen LogP contribution in [0.4, 0.5) is 22.1 Å². The van der Waals surface area contributed by atoms with E-state index in [2.05, 4.69) is 26.1 Å². The molecule has 1 aromatic carbocycles. The third-order valence-electron chi connectivity index (χ3n) is 3.26. The van der Waals surface area contributed by atoms with Crippen LogP contribution >= 0.6 is 0 Å². The van der Waals surface area contributed by atoms with Gasteiger partial charge in [0.25, 0.3) is 0 Å². The van der Waals surface area contributed by atoms with Crippen molar-refractivity contribution in [1.29, 1.82) is 0 Å². The van der Waals surface area contributed by atoms with Crippen LogP contribution in [0, 0.1) is 0 Å². The molecule has 3 N–H and O–H groups in total. The molecule has 2 aromatic rings. The Balaban J connectivity index is 2.12. The van der Waals surface area contributed by atoms with Crippen LogP contribution in [0.1, 0.15) is 13.8 Å². The number of carbonyl (C=O) groups excluding carboxylic acids is 1. The standard InChI is InChI=1S/C17H23N5O4/c1-10(2)18-17(23)20-15-7-6-14(21-22-15)19-11-8-12(24-3)16(26-5)13(9-11)25-4/h6-10H,1-5H3,(H,19,21)(H2,18,20,22,23). The summed E-state index contributed by atoms with van der Waals surface area (Å²) in [5.41, 5.74) is 0.687. The molecule has 0 spiro atoms. The van der Waals surface area contributed by atoms with E-state index < -0.39 is 0 Å². The molecule has 0 fully saturated rings. The summed E-state index contributed by atoms with van der Waals surface area (Å²) < 4.78 is 15.9. The van der Waals surface area contributed by atoms with E-state index in [1.165, 1.54) is 0 Å². The Hall–Kier alpha value is -3.23. The van der Waals surface area contributed by atoms with Crippen molar-refractivity contribution in [3.63, 3.8) is 0 Å². The molecule has 1 aromatic heterocycles. The van der Waals surface area contributed by atoms with Crippen LogP contribution in [-0.2, 0) is 0 Å². The summed E-state index contributed by atoms with van der Waals surface area (Å²) in [6, 6.07) is 6.55. The molecule has 140 valence electrons. The van der Waals surface area contributed by atoms with Crippen molar-refractivity contribution < 1.29 is 19.0 Å². The molecular formula is C17H23N5O4. The van der Waals surface area contributed by atoms with Crippen LogP contribution in [0.5, 0.6) is 17.2 Å². The van der Waals surface area contributed by atoms with Crippen molar-refractivity contribution in [1.82, 2.24) is 15.5 Å². The number of amides is 2. The number of rotatable bonds is 7. The zero-order valence-corrected chi connectivity index (χ0v) is 15.4. The molecule has 0 radical (unpaired) electrons. The molecule has 2 amide bonds. The predicted molar refractivity (Wildman–Crippen MR) is 98.7 cm³/mol. The minimum atomic E-state index is -0.334. The van der Waals surface area contributed by atoms with E-state index in [0.717, 1.165) is 0 Å². The molecule has 0 aliphatic heterocycles. The Morgan fingerprint density at radius 2 is 1.54 bits per heavy atom.